The summed E-state index contributed by atoms with van der Waals surface area (Å²) in [5.41, 5.74) is 0.813. The topological polar surface area (TPSA) is 84.4 Å². The maximum absolute atomic E-state index is 12.4. The Balaban J connectivity index is 1.60. The summed E-state index contributed by atoms with van der Waals surface area (Å²) in [6, 6.07) is 9.36. The number of carbonyl (C=O) groups is 2. The molecule has 126 valence electrons. The first kappa shape index (κ1) is 16.5. The van der Waals surface area contributed by atoms with Crippen molar-refractivity contribution in [1.82, 2.24) is 10.2 Å². The van der Waals surface area contributed by atoms with Gasteiger partial charge in [-0.1, -0.05) is 29.5 Å². The maximum atomic E-state index is 12.4. The van der Waals surface area contributed by atoms with Gasteiger partial charge in [0.2, 0.25) is 16.9 Å². The number of rotatable bonds is 6. The van der Waals surface area contributed by atoms with Gasteiger partial charge in [-0.15, -0.1) is 10.2 Å². The number of hydrogen-bond donors (Lipinski definition) is 1. The summed E-state index contributed by atoms with van der Waals surface area (Å²) in [4.78, 5) is 26.2. The van der Waals surface area contributed by atoms with E-state index in [4.69, 9.17) is 4.74 Å². The van der Waals surface area contributed by atoms with Gasteiger partial charge in [-0.25, -0.2) is 0 Å². The van der Waals surface area contributed by atoms with Crippen LogP contribution >= 0.6 is 11.3 Å². The molecule has 1 N–H and O–H groups in total. The number of para-hydroxylation sites is 1. The smallest absolute Gasteiger partial charge is 0.231 e. The summed E-state index contributed by atoms with van der Waals surface area (Å²) >= 11 is 1.28. The van der Waals surface area contributed by atoms with Crippen molar-refractivity contribution in [1.29, 1.82) is 0 Å². The predicted octanol–water partition coefficient (Wildman–Crippen LogP) is 2.07. The average Bonchev–Trinajstić information content (AvgIpc) is 3.20. The standard InChI is InChI=1S/C16H18N4O3S/c1-2-23-10-13-18-19-16(24-13)17-15(22)11-8-14(21)20(9-11)12-6-4-3-5-7-12/h3-7,11H,2,8-10H2,1H3,(H,17,19,22)/t11-/m0/s1. The summed E-state index contributed by atoms with van der Waals surface area (Å²) in [7, 11) is 0. The van der Waals surface area contributed by atoms with Crippen LogP contribution in [0.1, 0.15) is 18.4 Å². The molecule has 0 radical (unpaired) electrons. The lowest BCUT2D eigenvalue weighted by Gasteiger charge is -2.16. The van der Waals surface area contributed by atoms with Crippen LogP contribution < -0.4 is 10.2 Å². The van der Waals surface area contributed by atoms with Crippen LogP contribution in [0.2, 0.25) is 0 Å². The molecule has 2 heterocycles. The van der Waals surface area contributed by atoms with Crippen molar-refractivity contribution in [3.05, 3.63) is 35.3 Å². The molecule has 1 saturated heterocycles. The minimum atomic E-state index is -0.392. The lowest BCUT2D eigenvalue weighted by molar-refractivity contribution is -0.122. The zero-order chi connectivity index (χ0) is 16.9. The number of carbonyl (C=O) groups excluding carboxylic acids is 2. The molecule has 1 aromatic carbocycles. The van der Waals surface area contributed by atoms with Crippen LogP contribution in [0.5, 0.6) is 0 Å². The van der Waals surface area contributed by atoms with Gasteiger partial charge in [-0.05, 0) is 19.1 Å². The molecule has 0 bridgehead atoms. The number of amides is 2. The molecule has 0 aliphatic carbocycles. The molecule has 0 saturated carbocycles. The lowest BCUT2D eigenvalue weighted by Crippen LogP contribution is -2.28. The van der Waals surface area contributed by atoms with Crippen LogP contribution in [0.4, 0.5) is 10.8 Å². The molecule has 0 spiro atoms. The second-order valence-electron chi connectivity index (χ2n) is 5.37. The van der Waals surface area contributed by atoms with Gasteiger partial charge in [0.05, 0.1) is 5.92 Å². The molecule has 1 aliphatic rings. The van der Waals surface area contributed by atoms with Crippen LogP contribution in [0.15, 0.2) is 30.3 Å². The number of nitrogens with one attached hydrogen (secondary N) is 1. The fourth-order valence-corrected chi connectivity index (χ4v) is 3.18. The van der Waals surface area contributed by atoms with Crippen LogP contribution in [0.25, 0.3) is 0 Å². The van der Waals surface area contributed by atoms with Gasteiger partial charge in [-0.2, -0.15) is 0 Å². The molecule has 8 heteroatoms. The van der Waals surface area contributed by atoms with Gasteiger partial charge in [-0.3, -0.25) is 9.59 Å². The third-order valence-corrected chi connectivity index (χ3v) is 4.50. The number of aromatic nitrogens is 2. The molecular weight excluding hydrogens is 328 g/mol. The Bertz CT molecular complexity index is 719. The number of anilines is 2. The van der Waals surface area contributed by atoms with Crippen LogP contribution in [-0.4, -0.2) is 35.2 Å². The highest BCUT2D eigenvalue weighted by Gasteiger charge is 2.35. The largest absolute Gasteiger partial charge is 0.374 e. The lowest BCUT2D eigenvalue weighted by atomic mass is 10.1. The van der Waals surface area contributed by atoms with Crippen molar-refractivity contribution in [3.63, 3.8) is 0 Å². The molecule has 7 nitrogen and oxygen atoms in total. The first-order valence-electron chi connectivity index (χ1n) is 7.73. The molecule has 3 rings (SSSR count). The number of benzene rings is 1. The summed E-state index contributed by atoms with van der Waals surface area (Å²) in [5.74, 6) is -0.645. The molecular formula is C16H18N4O3S. The zero-order valence-corrected chi connectivity index (χ0v) is 14.1. The minimum Gasteiger partial charge on any atom is -0.374 e. The molecule has 2 aromatic rings. The number of hydrogen-bond acceptors (Lipinski definition) is 6. The van der Waals surface area contributed by atoms with E-state index in [1.165, 1.54) is 11.3 Å². The van der Waals surface area contributed by atoms with Crippen LogP contribution in [0.3, 0.4) is 0 Å². The molecule has 1 fully saturated rings. The van der Waals surface area contributed by atoms with Crippen LogP contribution in [-0.2, 0) is 20.9 Å². The molecule has 1 aromatic heterocycles. The Kier molecular flexibility index (Phi) is 5.17. The first-order chi connectivity index (χ1) is 11.7. The average molecular weight is 346 g/mol. The molecule has 24 heavy (non-hydrogen) atoms. The summed E-state index contributed by atoms with van der Waals surface area (Å²) < 4.78 is 5.26. The van der Waals surface area contributed by atoms with Crippen molar-refractivity contribution in [3.8, 4) is 0 Å². The van der Waals surface area contributed by atoms with Gasteiger partial charge in [0, 0.05) is 25.3 Å². The SMILES string of the molecule is CCOCc1nnc(NC(=O)[C@H]2CC(=O)N(c3ccccc3)C2)s1. The first-order valence-corrected chi connectivity index (χ1v) is 8.55. The van der Waals surface area contributed by atoms with Gasteiger partial charge in [0.15, 0.2) is 0 Å². The minimum absolute atomic E-state index is 0.0457. The van der Waals surface area contributed by atoms with Crippen molar-refractivity contribution in [2.45, 2.75) is 20.0 Å². The molecule has 0 unspecified atom stereocenters. The van der Waals surface area contributed by atoms with E-state index in [0.29, 0.717) is 29.9 Å². The Morgan fingerprint density at radius 2 is 2.17 bits per heavy atom. The number of nitrogens with zero attached hydrogens (tertiary/aromatic N) is 3. The van der Waals surface area contributed by atoms with Crippen molar-refractivity contribution >= 4 is 34.0 Å². The highest BCUT2D eigenvalue weighted by Crippen LogP contribution is 2.26. The molecule has 2 amide bonds. The van der Waals surface area contributed by atoms with E-state index in [2.05, 4.69) is 15.5 Å². The van der Waals surface area contributed by atoms with Crippen LogP contribution in [0, 0.1) is 5.92 Å². The summed E-state index contributed by atoms with van der Waals surface area (Å²) in [6.45, 7) is 3.26. The van der Waals surface area contributed by atoms with Gasteiger partial charge in [0.1, 0.15) is 11.6 Å². The van der Waals surface area contributed by atoms with E-state index in [1.807, 2.05) is 37.3 Å². The fraction of sp³-hybridized carbons (Fsp3) is 0.375. The summed E-state index contributed by atoms with van der Waals surface area (Å²) in [5, 5.41) is 11.8. The normalized spacial score (nSPS) is 17.3. The van der Waals surface area contributed by atoms with Gasteiger partial charge in [0.25, 0.3) is 0 Å². The second-order valence-corrected chi connectivity index (χ2v) is 6.43. The van der Waals surface area contributed by atoms with E-state index in [0.717, 1.165) is 5.69 Å². The van der Waals surface area contributed by atoms with Gasteiger partial charge >= 0.3 is 0 Å². The molecule has 1 atom stereocenters. The number of ether oxygens (including phenoxy) is 1. The zero-order valence-electron chi connectivity index (χ0n) is 13.3. The van der Waals surface area contributed by atoms with Crippen molar-refractivity contribution in [2.24, 2.45) is 5.92 Å². The predicted molar refractivity (Wildman–Crippen MR) is 90.8 cm³/mol. The fourth-order valence-electron chi connectivity index (χ4n) is 2.50. The highest BCUT2D eigenvalue weighted by molar-refractivity contribution is 7.15. The van der Waals surface area contributed by atoms with Crippen molar-refractivity contribution < 1.29 is 14.3 Å². The quantitative estimate of drug-likeness (QED) is 0.865. The summed E-state index contributed by atoms with van der Waals surface area (Å²) in [6.07, 6.45) is 0.200. The highest BCUT2D eigenvalue weighted by atomic mass is 32.1. The van der Waals surface area contributed by atoms with Gasteiger partial charge < -0.3 is 15.0 Å². The van der Waals surface area contributed by atoms with E-state index in [-0.39, 0.29) is 18.2 Å². The third-order valence-electron chi connectivity index (χ3n) is 3.69. The monoisotopic (exact) mass is 346 g/mol. The Hall–Kier alpha value is -2.32. The molecule has 1 aliphatic heterocycles. The maximum Gasteiger partial charge on any atom is 0.231 e. The Morgan fingerprint density at radius 3 is 2.92 bits per heavy atom. The van der Waals surface area contributed by atoms with E-state index < -0.39 is 5.92 Å². The second kappa shape index (κ2) is 7.50. The Morgan fingerprint density at radius 1 is 1.38 bits per heavy atom. The van der Waals surface area contributed by atoms with E-state index in [1.54, 1.807) is 4.90 Å². The Labute approximate surface area is 143 Å². The van der Waals surface area contributed by atoms with E-state index >= 15 is 0 Å². The third kappa shape index (κ3) is 3.77. The van der Waals surface area contributed by atoms with E-state index in [9.17, 15) is 9.59 Å². The van der Waals surface area contributed by atoms with Crippen molar-refractivity contribution in [2.75, 3.05) is 23.4 Å².